The van der Waals surface area contributed by atoms with Crippen molar-refractivity contribution in [2.45, 2.75) is 63.3 Å². The predicted molar refractivity (Wildman–Crippen MR) is 99.2 cm³/mol. The molecule has 1 aromatic heterocycles. The van der Waals surface area contributed by atoms with Crippen molar-refractivity contribution >= 4 is 21.4 Å². The van der Waals surface area contributed by atoms with Crippen molar-refractivity contribution in [3.8, 4) is 0 Å². The maximum Gasteiger partial charge on any atom is 0.225 e. The summed E-state index contributed by atoms with van der Waals surface area (Å²) in [5.41, 5.74) is 0.807. The lowest BCUT2D eigenvalue weighted by Gasteiger charge is -2.33. The molecule has 0 atom stereocenters. The van der Waals surface area contributed by atoms with E-state index in [-0.39, 0.29) is 22.9 Å². The van der Waals surface area contributed by atoms with E-state index in [1.54, 1.807) is 39.1 Å². The van der Waals surface area contributed by atoms with E-state index in [1.165, 1.54) is 0 Å². The highest BCUT2D eigenvalue weighted by Gasteiger charge is 2.32. The number of piperidine rings is 1. The summed E-state index contributed by atoms with van der Waals surface area (Å²) >= 11 is 0. The molecule has 2 rings (SSSR count). The lowest BCUT2D eigenvalue weighted by Crippen LogP contribution is -2.44. The maximum atomic E-state index is 12.4. The van der Waals surface area contributed by atoms with Crippen LogP contribution in [0, 0.1) is 5.92 Å². The van der Waals surface area contributed by atoms with Crippen LogP contribution < -0.4 is 5.32 Å². The smallest absolute Gasteiger partial charge is 0.225 e. The third-order valence-corrected chi connectivity index (χ3v) is 6.89. The van der Waals surface area contributed by atoms with E-state index in [2.05, 4.69) is 10.3 Å². The molecule has 0 bridgehead atoms. The molecule has 0 radical (unpaired) electrons. The molecule has 1 N–H and O–H groups in total. The van der Waals surface area contributed by atoms with Gasteiger partial charge in [-0.25, -0.2) is 13.4 Å². The molecule has 0 aliphatic carbocycles. The van der Waals surface area contributed by atoms with Crippen LogP contribution in [0.1, 0.15) is 47.5 Å². The SMILES string of the molecule is CC(C)C(=O)N1CCC(Nc2ccc(S(=O)(=O)C(C)(C)C)nc2)CC1. The minimum absolute atomic E-state index is 0.0334. The Bertz CT molecular complexity index is 698. The highest BCUT2D eigenvalue weighted by atomic mass is 32.2. The van der Waals surface area contributed by atoms with Crippen LogP contribution in [-0.2, 0) is 14.6 Å². The van der Waals surface area contributed by atoms with Crippen LogP contribution in [0.4, 0.5) is 5.69 Å². The summed E-state index contributed by atoms with van der Waals surface area (Å²) < 4.78 is 23.9. The van der Waals surface area contributed by atoms with Gasteiger partial charge in [-0.3, -0.25) is 4.79 Å². The highest BCUT2D eigenvalue weighted by molar-refractivity contribution is 7.92. The number of sulfone groups is 1. The van der Waals surface area contributed by atoms with Crippen molar-refractivity contribution < 1.29 is 13.2 Å². The molecule has 2 heterocycles. The normalized spacial score (nSPS) is 17.0. The highest BCUT2D eigenvalue weighted by Crippen LogP contribution is 2.24. The monoisotopic (exact) mass is 367 g/mol. The zero-order valence-corrected chi connectivity index (χ0v) is 16.6. The third-order valence-electron chi connectivity index (χ3n) is 4.49. The predicted octanol–water partition coefficient (Wildman–Crippen LogP) is 2.71. The van der Waals surface area contributed by atoms with E-state index in [9.17, 15) is 13.2 Å². The summed E-state index contributed by atoms with van der Waals surface area (Å²) in [5.74, 6) is 0.239. The molecule has 1 aromatic rings. The lowest BCUT2D eigenvalue weighted by atomic mass is 10.0. The minimum atomic E-state index is -3.43. The fourth-order valence-electron chi connectivity index (χ4n) is 2.78. The molecule has 0 aromatic carbocycles. The van der Waals surface area contributed by atoms with E-state index in [4.69, 9.17) is 0 Å². The van der Waals surface area contributed by atoms with Crippen molar-refractivity contribution in [1.82, 2.24) is 9.88 Å². The van der Waals surface area contributed by atoms with Gasteiger partial charge in [0.25, 0.3) is 0 Å². The topological polar surface area (TPSA) is 79.4 Å². The first-order valence-corrected chi connectivity index (χ1v) is 10.3. The summed E-state index contributed by atoms with van der Waals surface area (Å²) in [5, 5.41) is 3.49. The third kappa shape index (κ3) is 4.51. The molecule has 1 fully saturated rings. The van der Waals surface area contributed by atoms with Gasteiger partial charge in [0.05, 0.1) is 16.6 Å². The standard InChI is InChI=1S/C18H29N3O3S/c1-13(2)17(22)21-10-8-14(9-11-21)20-15-6-7-16(19-12-15)25(23,24)18(3,4)5/h6-7,12-14,20H,8-11H2,1-5H3. The summed E-state index contributed by atoms with van der Waals surface area (Å²) in [4.78, 5) is 18.1. The van der Waals surface area contributed by atoms with E-state index < -0.39 is 14.6 Å². The number of amides is 1. The van der Waals surface area contributed by atoms with Gasteiger partial charge in [0.15, 0.2) is 14.9 Å². The molecule has 140 valence electrons. The number of pyridine rings is 1. The van der Waals surface area contributed by atoms with Crippen LogP contribution in [-0.4, -0.2) is 48.1 Å². The Balaban J connectivity index is 1.96. The average Bonchev–Trinajstić information content (AvgIpc) is 2.54. The van der Waals surface area contributed by atoms with Crippen LogP contribution in [0.5, 0.6) is 0 Å². The molecule has 1 aliphatic rings. The van der Waals surface area contributed by atoms with Gasteiger partial charge in [0.1, 0.15) is 0 Å². The fourth-order valence-corrected chi connectivity index (χ4v) is 3.85. The molecule has 25 heavy (non-hydrogen) atoms. The largest absolute Gasteiger partial charge is 0.381 e. The van der Waals surface area contributed by atoms with Crippen LogP contribution in [0.3, 0.4) is 0 Å². The van der Waals surface area contributed by atoms with Crippen molar-refractivity contribution in [1.29, 1.82) is 0 Å². The fraction of sp³-hybridized carbons (Fsp3) is 0.667. The number of rotatable bonds is 4. The molecule has 1 saturated heterocycles. The van der Waals surface area contributed by atoms with Gasteiger partial charge in [-0.15, -0.1) is 0 Å². The van der Waals surface area contributed by atoms with Crippen LogP contribution in [0.15, 0.2) is 23.4 Å². The molecule has 0 unspecified atom stereocenters. The Morgan fingerprint density at radius 2 is 1.84 bits per heavy atom. The van der Waals surface area contributed by atoms with Crippen molar-refractivity contribution in [2.75, 3.05) is 18.4 Å². The number of nitrogens with one attached hydrogen (secondary N) is 1. The van der Waals surface area contributed by atoms with E-state index >= 15 is 0 Å². The first-order valence-electron chi connectivity index (χ1n) is 8.78. The number of hydrogen-bond donors (Lipinski definition) is 1. The van der Waals surface area contributed by atoms with Gasteiger partial charge in [-0.2, -0.15) is 0 Å². The maximum absolute atomic E-state index is 12.4. The number of aromatic nitrogens is 1. The lowest BCUT2D eigenvalue weighted by molar-refractivity contribution is -0.135. The molecule has 1 amide bonds. The Hall–Kier alpha value is -1.63. The Kier molecular flexibility index (Phi) is 5.76. The second-order valence-corrected chi connectivity index (χ2v) is 10.5. The first kappa shape index (κ1) is 19.7. The van der Waals surface area contributed by atoms with E-state index in [0.717, 1.165) is 31.6 Å². The molecular formula is C18H29N3O3S. The number of carbonyl (C=O) groups is 1. The van der Waals surface area contributed by atoms with Gasteiger partial charge >= 0.3 is 0 Å². The van der Waals surface area contributed by atoms with Gasteiger partial charge in [-0.05, 0) is 45.7 Å². The van der Waals surface area contributed by atoms with Gasteiger partial charge in [-0.1, -0.05) is 13.8 Å². The molecular weight excluding hydrogens is 338 g/mol. The number of anilines is 1. The zero-order chi connectivity index (χ0) is 18.8. The van der Waals surface area contributed by atoms with Crippen molar-refractivity contribution in [2.24, 2.45) is 5.92 Å². The van der Waals surface area contributed by atoms with Crippen LogP contribution in [0.25, 0.3) is 0 Å². The van der Waals surface area contributed by atoms with Crippen molar-refractivity contribution in [3.05, 3.63) is 18.3 Å². The quantitative estimate of drug-likeness (QED) is 0.885. The Morgan fingerprint density at radius 1 is 1.24 bits per heavy atom. The minimum Gasteiger partial charge on any atom is -0.381 e. The van der Waals surface area contributed by atoms with Gasteiger partial charge in [0.2, 0.25) is 5.91 Å². The molecule has 0 saturated carbocycles. The number of carbonyl (C=O) groups excluding carboxylic acids is 1. The molecule has 0 spiro atoms. The van der Waals surface area contributed by atoms with Crippen LogP contribution >= 0.6 is 0 Å². The van der Waals surface area contributed by atoms with Crippen LogP contribution in [0.2, 0.25) is 0 Å². The summed E-state index contributed by atoms with van der Waals surface area (Å²) in [6, 6.07) is 3.58. The van der Waals surface area contributed by atoms with E-state index in [1.807, 2.05) is 18.7 Å². The zero-order valence-electron chi connectivity index (χ0n) is 15.7. The summed E-state index contributed by atoms with van der Waals surface area (Å²) in [6.45, 7) is 10.3. The number of nitrogens with zero attached hydrogens (tertiary/aromatic N) is 2. The van der Waals surface area contributed by atoms with Gasteiger partial charge in [0, 0.05) is 25.0 Å². The van der Waals surface area contributed by atoms with Crippen molar-refractivity contribution in [3.63, 3.8) is 0 Å². The molecule has 7 heteroatoms. The summed E-state index contributed by atoms with van der Waals surface area (Å²) in [7, 11) is -3.43. The second-order valence-electron chi connectivity index (χ2n) is 7.90. The number of hydrogen-bond acceptors (Lipinski definition) is 5. The first-order chi connectivity index (χ1) is 11.5. The Labute approximate surface area is 150 Å². The molecule has 6 nitrogen and oxygen atoms in total. The average molecular weight is 368 g/mol. The number of likely N-dealkylation sites (tertiary alicyclic amines) is 1. The summed E-state index contributed by atoms with van der Waals surface area (Å²) in [6.07, 6.45) is 3.32. The Morgan fingerprint density at radius 3 is 2.28 bits per heavy atom. The van der Waals surface area contributed by atoms with Gasteiger partial charge < -0.3 is 10.2 Å². The second kappa shape index (κ2) is 7.32. The molecule has 1 aliphatic heterocycles. The van der Waals surface area contributed by atoms with E-state index in [0.29, 0.717) is 0 Å².